The van der Waals surface area contributed by atoms with Gasteiger partial charge in [-0.05, 0) is 48.3 Å². The van der Waals surface area contributed by atoms with Gasteiger partial charge >= 0.3 is 0 Å². The highest BCUT2D eigenvalue weighted by molar-refractivity contribution is 14.1. The second-order valence-electron chi connectivity index (χ2n) is 3.37. The van der Waals surface area contributed by atoms with Gasteiger partial charge in [0.15, 0.2) is 0 Å². The summed E-state index contributed by atoms with van der Waals surface area (Å²) in [6, 6.07) is 0. The Kier molecular flexibility index (Phi) is 8.63. The molecule has 0 aromatic carbocycles. The molecule has 0 saturated carbocycles. The van der Waals surface area contributed by atoms with Crippen molar-refractivity contribution in [2.24, 2.45) is 5.92 Å². The number of hydrogen-bond donors (Lipinski definition) is 0. The van der Waals surface area contributed by atoms with Crippen molar-refractivity contribution in [2.45, 2.75) is 40.4 Å². The Labute approximate surface area is 114 Å². The van der Waals surface area contributed by atoms with E-state index in [-0.39, 0.29) is 5.38 Å². The summed E-state index contributed by atoms with van der Waals surface area (Å²) in [4.78, 5) is 0. The van der Waals surface area contributed by atoms with Crippen LogP contribution in [0.1, 0.15) is 33.1 Å². The Balaban J connectivity index is 4.10. The van der Waals surface area contributed by atoms with Gasteiger partial charge in [-0.15, -0.1) is 11.6 Å². The van der Waals surface area contributed by atoms with Gasteiger partial charge in [-0.1, -0.05) is 19.1 Å². The largest absolute Gasteiger partial charge is 0.266 e. The minimum Gasteiger partial charge on any atom is -0.123 e. The van der Waals surface area contributed by atoms with Crippen molar-refractivity contribution >= 4 is 34.2 Å². The van der Waals surface area contributed by atoms with E-state index >= 15 is 0 Å². The van der Waals surface area contributed by atoms with Crippen LogP contribution in [0.15, 0.2) is 12.2 Å². The van der Waals surface area contributed by atoms with E-state index in [1.165, 1.54) is 12.0 Å². The summed E-state index contributed by atoms with van der Waals surface area (Å²) in [5.41, 5.74) is 1.36. The van der Waals surface area contributed by atoms with Crippen LogP contribution in [0.25, 0.3) is 0 Å². The third kappa shape index (κ3) is 7.42. The van der Waals surface area contributed by atoms with E-state index in [1.807, 2.05) is 0 Å². The highest BCUT2D eigenvalue weighted by Crippen LogP contribution is 2.25. The molecule has 0 N–H and O–H groups in total. The first-order valence-corrected chi connectivity index (χ1v) is 7.61. The van der Waals surface area contributed by atoms with Crippen molar-refractivity contribution in [1.29, 1.82) is 0 Å². The SMILES string of the molecule is C=C(CC)C(CC(C)Cl)CC(I)[IH+]. The quantitative estimate of drug-likeness (QED) is 0.338. The standard InChI is InChI=1S/C10H18ClI2/c1-4-7(2)9(5-8(3)11)6-10(12)13/h8-10,12H,2,4-6H2,1,3H3/q+1. The van der Waals surface area contributed by atoms with Crippen LogP contribution in [-0.2, 0) is 0 Å². The molecular formula is C10H18ClI2+. The van der Waals surface area contributed by atoms with Gasteiger partial charge in [-0.2, -0.15) is 0 Å². The van der Waals surface area contributed by atoms with Gasteiger partial charge in [-0.25, -0.2) is 0 Å². The fourth-order valence-corrected chi connectivity index (χ4v) is 2.83. The molecule has 0 fully saturated rings. The number of allylic oxidation sites excluding steroid dienone is 1. The summed E-state index contributed by atoms with van der Waals surface area (Å²) in [7, 11) is 0. The average molecular weight is 428 g/mol. The second-order valence-corrected chi connectivity index (χ2v) is 9.87. The van der Waals surface area contributed by atoms with E-state index < -0.39 is 0 Å². The zero-order chi connectivity index (χ0) is 10.4. The van der Waals surface area contributed by atoms with E-state index in [4.69, 9.17) is 11.6 Å². The van der Waals surface area contributed by atoms with Gasteiger partial charge in [0, 0.05) is 11.8 Å². The maximum absolute atomic E-state index is 6.01. The van der Waals surface area contributed by atoms with Crippen molar-refractivity contribution in [3.63, 3.8) is 0 Å². The van der Waals surface area contributed by atoms with Crippen molar-refractivity contribution in [3.05, 3.63) is 12.2 Å². The first-order valence-electron chi connectivity index (χ1n) is 4.59. The molecule has 78 valence electrons. The maximum Gasteiger partial charge on any atom is 0.266 e. The van der Waals surface area contributed by atoms with Gasteiger partial charge in [0.1, 0.15) is 0 Å². The lowest BCUT2D eigenvalue weighted by Crippen LogP contribution is -3.38. The molecule has 0 aromatic rings. The van der Waals surface area contributed by atoms with Crippen molar-refractivity contribution < 1.29 is 22.6 Å². The minimum absolute atomic E-state index is 0.268. The summed E-state index contributed by atoms with van der Waals surface area (Å²) < 4.78 is 0.720. The van der Waals surface area contributed by atoms with Crippen LogP contribution >= 0.6 is 34.2 Å². The maximum atomic E-state index is 6.01. The van der Waals surface area contributed by atoms with E-state index in [0.717, 1.165) is 14.8 Å². The molecule has 0 nitrogen and oxygen atoms in total. The van der Waals surface area contributed by atoms with E-state index in [2.05, 4.69) is 65.6 Å². The monoisotopic (exact) mass is 427 g/mol. The second kappa shape index (κ2) is 7.74. The van der Waals surface area contributed by atoms with Crippen LogP contribution in [0.3, 0.4) is 0 Å². The zero-order valence-corrected chi connectivity index (χ0v) is 13.5. The van der Waals surface area contributed by atoms with Crippen molar-refractivity contribution in [2.75, 3.05) is 0 Å². The molecule has 0 aliphatic heterocycles. The normalized spacial score (nSPS) is 17.9. The topological polar surface area (TPSA) is 0 Å². The number of hydrogen-bond acceptors (Lipinski definition) is 0. The molecule has 3 unspecified atom stereocenters. The van der Waals surface area contributed by atoms with Crippen molar-refractivity contribution in [3.8, 4) is 0 Å². The Morgan fingerprint density at radius 3 is 2.38 bits per heavy atom. The average Bonchev–Trinajstić information content (AvgIpc) is 2.00. The van der Waals surface area contributed by atoms with Crippen LogP contribution in [-0.4, -0.2) is 7.31 Å². The Morgan fingerprint density at radius 2 is 2.08 bits per heavy atom. The van der Waals surface area contributed by atoms with Crippen molar-refractivity contribution in [1.82, 2.24) is 0 Å². The van der Waals surface area contributed by atoms with Gasteiger partial charge < -0.3 is 0 Å². The third-order valence-electron chi connectivity index (χ3n) is 2.11. The molecule has 0 spiro atoms. The van der Waals surface area contributed by atoms with Crippen LogP contribution in [0.4, 0.5) is 0 Å². The first kappa shape index (κ1) is 14.5. The molecule has 0 heterocycles. The molecule has 13 heavy (non-hydrogen) atoms. The van der Waals surface area contributed by atoms with Gasteiger partial charge in [-0.3, -0.25) is 0 Å². The lowest BCUT2D eigenvalue weighted by atomic mass is 9.91. The molecule has 0 amide bonds. The minimum atomic E-state index is 0.268. The van der Waals surface area contributed by atoms with E-state index in [0.29, 0.717) is 5.92 Å². The number of halogens is 3. The van der Waals surface area contributed by atoms with Crippen LogP contribution < -0.4 is 22.6 Å². The molecule has 0 aliphatic carbocycles. The molecule has 0 rings (SSSR count). The molecule has 0 bridgehead atoms. The highest BCUT2D eigenvalue weighted by atomic mass is 127. The smallest absolute Gasteiger partial charge is 0.123 e. The third-order valence-corrected chi connectivity index (χ3v) is 3.35. The highest BCUT2D eigenvalue weighted by Gasteiger charge is 2.20. The predicted molar refractivity (Wildman–Crippen MR) is 66.7 cm³/mol. The zero-order valence-electron chi connectivity index (χ0n) is 8.22. The fraction of sp³-hybridized carbons (Fsp3) is 0.800. The molecule has 0 aliphatic rings. The molecule has 0 radical (unpaired) electrons. The van der Waals surface area contributed by atoms with Crippen LogP contribution in [0.5, 0.6) is 0 Å². The van der Waals surface area contributed by atoms with Crippen LogP contribution in [0.2, 0.25) is 0 Å². The molecule has 0 saturated heterocycles. The fourth-order valence-electron chi connectivity index (χ4n) is 1.33. The molecule has 3 heteroatoms. The number of alkyl halides is 3. The van der Waals surface area contributed by atoms with E-state index in [9.17, 15) is 0 Å². The Hall–Kier alpha value is 1.49. The molecule has 3 atom stereocenters. The van der Waals surface area contributed by atoms with E-state index in [1.54, 1.807) is 0 Å². The Bertz CT molecular complexity index is 145. The first-order chi connectivity index (χ1) is 5.97. The van der Waals surface area contributed by atoms with Crippen LogP contribution in [0, 0.1) is 5.92 Å². The summed E-state index contributed by atoms with van der Waals surface area (Å²) in [5, 5.41) is 0.268. The molecular weight excluding hydrogens is 409 g/mol. The molecule has 0 aromatic heterocycles. The van der Waals surface area contributed by atoms with Gasteiger partial charge in [0.05, 0.1) is 0 Å². The summed E-state index contributed by atoms with van der Waals surface area (Å²) in [6.07, 6.45) is 3.37. The lowest BCUT2D eigenvalue weighted by molar-refractivity contribution is -0.380. The summed E-state index contributed by atoms with van der Waals surface area (Å²) in [5.74, 6) is 0.618. The predicted octanol–water partition coefficient (Wildman–Crippen LogP) is 1.02. The van der Waals surface area contributed by atoms with Gasteiger partial charge in [0.2, 0.25) is 1.93 Å². The lowest BCUT2D eigenvalue weighted by Gasteiger charge is -2.18. The summed E-state index contributed by atoms with van der Waals surface area (Å²) in [6.45, 7) is 8.36. The number of rotatable bonds is 6. The van der Waals surface area contributed by atoms with Gasteiger partial charge in [0.25, 0.3) is 22.6 Å². The Morgan fingerprint density at radius 1 is 1.54 bits per heavy atom. The summed E-state index contributed by atoms with van der Waals surface area (Å²) >= 11 is 10.7.